The third kappa shape index (κ3) is 2.61. The maximum Gasteiger partial charge on any atom is 0.223 e. The molecule has 0 radical (unpaired) electrons. The molecule has 16 heavy (non-hydrogen) atoms. The summed E-state index contributed by atoms with van der Waals surface area (Å²) in [6, 6.07) is 0.853. The first-order valence-corrected chi connectivity index (χ1v) is 6.30. The van der Waals surface area contributed by atoms with Crippen LogP contribution in [0, 0.1) is 12.8 Å². The lowest BCUT2D eigenvalue weighted by molar-refractivity contribution is 0.347. The molecule has 0 aliphatic heterocycles. The van der Waals surface area contributed by atoms with Crippen molar-refractivity contribution < 1.29 is 4.52 Å². The van der Waals surface area contributed by atoms with Crippen molar-refractivity contribution >= 4 is 0 Å². The number of rotatable bonds is 6. The molecule has 4 heteroatoms. The molecule has 2 unspecified atom stereocenters. The summed E-state index contributed by atoms with van der Waals surface area (Å²) in [5, 5.41) is 7.67. The van der Waals surface area contributed by atoms with Crippen molar-refractivity contribution in [3.8, 4) is 0 Å². The SMILES string of the molecule is CCC(NC(CC)C1CC1)c1noc(C)n1. The highest BCUT2D eigenvalue weighted by atomic mass is 16.5. The zero-order valence-electron chi connectivity index (χ0n) is 10.4. The number of aromatic nitrogens is 2. The van der Waals surface area contributed by atoms with E-state index in [-0.39, 0.29) is 6.04 Å². The van der Waals surface area contributed by atoms with Crippen molar-refractivity contribution in [1.29, 1.82) is 0 Å². The van der Waals surface area contributed by atoms with E-state index in [2.05, 4.69) is 29.3 Å². The summed E-state index contributed by atoms with van der Waals surface area (Å²) < 4.78 is 5.04. The van der Waals surface area contributed by atoms with E-state index in [1.54, 1.807) is 0 Å². The number of hydrogen-bond donors (Lipinski definition) is 1. The van der Waals surface area contributed by atoms with E-state index in [1.807, 2.05) is 6.92 Å². The van der Waals surface area contributed by atoms with Gasteiger partial charge >= 0.3 is 0 Å². The van der Waals surface area contributed by atoms with Gasteiger partial charge in [0.1, 0.15) is 0 Å². The second kappa shape index (κ2) is 4.95. The number of aryl methyl sites for hydroxylation is 1. The third-order valence-electron chi connectivity index (χ3n) is 3.31. The van der Waals surface area contributed by atoms with E-state index in [0.29, 0.717) is 11.9 Å². The Kier molecular flexibility index (Phi) is 3.59. The Morgan fingerprint density at radius 3 is 2.56 bits per heavy atom. The van der Waals surface area contributed by atoms with Crippen molar-refractivity contribution in [2.24, 2.45) is 5.92 Å². The van der Waals surface area contributed by atoms with Crippen molar-refractivity contribution in [3.05, 3.63) is 11.7 Å². The lowest BCUT2D eigenvalue weighted by Gasteiger charge is -2.21. The van der Waals surface area contributed by atoms with E-state index in [1.165, 1.54) is 19.3 Å². The monoisotopic (exact) mass is 223 g/mol. The summed E-state index contributed by atoms with van der Waals surface area (Å²) in [6.45, 7) is 6.23. The minimum Gasteiger partial charge on any atom is -0.340 e. The predicted octanol–water partition coefficient (Wildman–Crippen LogP) is 2.61. The van der Waals surface area contributed by atoms with Crippen molar-refractivity contribution in [2.75, 3.05) is 0 Å². The Morgan fingerprint density at radius 1 is 1.38 bits per heavy atom. The Hall–Kier alpha value is -0.900. The van der Waals surface area contributed by atoms with Crippen LogP contribution in [0.15, 0.2) is 4.52 Å². The Labute approximate surface area is 96.8 Å². The highest BCUT2D eigenvalue weighted by molar-refractivity contribution is 4.96. The second-order valence-electron chi connectivity index (χ2n) is 4.65. The first kappa shape index (κ1) is 11.6. The quantitative estimate of drug-likeness (QED) is 0.805. The first-order chi connectivity index (χ1) is 7.74. The van der Waals surface area contributed by atoms with Gasteiger partial charge in [-0.1, -0.05) is 19.0 Å². The van der Waals surface area contributed by atoms with E-state index >= 15 is 0 Å². The van der Waals surface area contributed by atoms with Gasteiger partial charge in [0.05, 0.1) is 6.04 Å². The van der Waals surface area contributed by atoms with Crippen LogP contribution in [0.2, 0.25) is 0 Å². The fourth-order valence-electron chi connectivity index (χ4n) is 2.18. The molecular formula is C12H21N3O. The highest BCUT2D eigenvalue weighted by Gasteiger charge is 2.32. The van der Waals surface area contributed by atoms with Crippen molar-refractivity contribution in [3.63, 3.8) is 0 Å². The van der Waals surface area contributed by atoms with E-state index < -0.39 is 0 Å². The molecule has 0 amide bonds. The summed E-state index contributed by atoms with van der Waals surface area (Å²) in [6.07, 6.45) is 4.92. The van der Waals surface area contributed by atoms with Crippen LogP contribution in [-0.2, 0) is 0 Å². The van der Waals surface area contributed by atoms with Gasteiger partial charge in [0.25, 0.3) is 0 Å². The summed E-state index contributed by atoms with van der Waals surface area (Å²) in [4.78, 5) is 4.31. The fraction of sp³-hybridized carbons (Fsp3) is 0.833. The Bertz CT molecular complexity index is 333. The molecule has 0 aromatic carbocycles. The summed E-state index contributed by atoms with van der Waals surface area (Å²) in [5.41, 5.74) is 0. The maximum atomic E-state index is 5.04. The molecule has 1 aliphatic carbocycles. The zero-order valence-corrected chi connectivity index (χ0v) is 10.4. The second-order valence-corrected chi connectivity index (χ2v) is 4.65. The van der Waals surface area contributed by atoms with Crippen LogP contribution in [0.3, 0.4) is 0 Å². The molecule has 1 aromatic heterocycles. The molecule has 1 aliphatic rings. The molecule has 1 saturated carbocycles. The molecule has 1 N–H and O–H groups in total. The lowest BCUT2D eigenvalue weighted by Crippen LogP contribution is -2.34. The molecule has 2 atom stereocenters. The average Bonchev–Trinajstić information content (AvgIpc) is 3.03. The van der Waals surface area contributed by atoms with Crippen LogP contribution in [-0.4, -0.2) is 16.2 Å². The number of hydrogen-bond acceptors (Lipinski definition) is 4. The van der Waals surface area contributed by atoms with Gasteiger partial charge in [0.2, 0.25) is 5.89 Å². The van der Waals surface area contributed by atoms with Gasteiger partial charge in [-0.2, -0.15) is 4.98 Å². The van der Waals surface area contributed by atoms with Crippen LogP contribution in [0.5, 0.6) is 0 Å². The van der Waals surface area contributed by atoms with Gasteiger partial charge < -0.3 is 9.84 Å². The van der Waals surface area contributed by atoms with E-state index in [0.717, 1.165) is 18.2 Å². The first-order valence-electron chi connectivity index (χ1n) is 6.30. The smallest absolute Gasteiger partial charge is 0.223 e. The van der Waals surface area contributed by atoms with Crippen LogP contribution in [0.4, 0.5) is 0 Å². The number of nitrogens with zero attached hydrogens (tertiary/aromatic N) is 2. The molecule has 1 fully saturated rings. The van der Waals surface area contributed by atoms with Crippen molar-refractivity contribution in [1.82, 2.24) is 15.5 Å². The molecule has 1 aromatic rings. The molecule has 0 saturated heterocycles. The predicted molar refractivity (Wildman–Crippen MR) is 62.0 cm³/mol. The van der Waals surface area contributed by atoms with Gasteiger partial charge in [-0.3, -0.25) is 0 Å². The molecular weight excluding hydrogens is 202 g/mol. The van der Waals surface area contributed by atoms with E-state index in [4.69, 9.17) is 4.52 Å². The zero-order chi connectivity index (χ0) is 11.5. The Morgan fingerprint density at radius 2 is 2.12 bits per heavy atom. The molecule has 90 valence electrons. The topological polar surface area (TPSA) is 51.0 Å². The lowest BCUT2D eigenvalue weighted by atomic mass is 10.1. The van der Waals surface area contributed by atoms with Crippen LogP contribution in [0.25, 0.3) is 0 Å². The fourth-order valence-corrected chi connectivity index (χ4v) is 2.18. The highest BCUT2D eigenvalue weighted by Crippen LogP contribution is 2.35. The largest absolute Gasteiger partial charge is 0.340 e. The molecule has 2 rings (SSSR count). The normalized spacial score (nSPS) is 19.7. The van der Waals surface area contributed by atoms with E-state index in [9.17, 15) is 0 Å². The minimum atomic E-state index is 0.239. The van der Waals surface area contributed by atoms with Gasteiger partial charge in [-0.25, -0.2) is 0 Å². The maximum absolute atomic E-state index is 5.04. The molecule has 0 bridgehead atoms. The van der Waals surface area contributed by atoms with Gasteiger partial charge in [0, 0.05) is 13.0 Å². The van der Waals surface area contributed by atoms with Crippen LogP contribution in [0.1, 0.15) is 57.3 Å². The summed E-state index contributed by atoms with van der Waals surface area (Å²) >= 11 is 0. The minimum absolute atomic E-state index is 0.239. The average molecular weight is 223 g/mol. The summed E-state index contributed by atoms with van der Waals surface area (Å²) in [5.74, 6) is 2.32. The Balaban J connectivity index is 1.98. The van der Waals surface area contributed by atoms with Gasteiger partial charge in [-0.05, 0) is 31.6 Å². The molecule has 0 spiro atoms. The molecule has 1 heterocycles. The third-order valence-corrected chi connectivity index (χ3v) is 3.31. The van der Waals surface area contributed by atoms with Crippen molar-refractivity contribution in [2.45, 2.75) is 58.5 Å². The molecule has 4 nitrogen and oxygen atoms in total. The van der Waals surface area contributed by atoms with Gasteiger partial charge in [0.15, 0.2) is 5.82 Å². The van der Waals surface area contributed by atoms with Crippen LogP contribution >= 0.6 is 0 Å². The van der Waals surface area contributed by atoms with Crippen LogP contribution < -0.4 is 5.32 Å². The summed E-state index contributed by atoms with van der Waals surface area (Å²) in [7, 11) is 0. The number of nitrogens with one attached hydrogen (secondary N) is 1. The standard InChI is InChI=1S/C12H21N3O/c1-4-10(9-6-7-9)14-11(5-2)12-13-8(3)16-15-12/h9-11,14H,4-7H2,1-3H3. The van der Waals surface area contributed by atoms with Gasteiger partial charge in [-0.15, -0.1) is 0 Å².